The first-order valence-electron chi connectivity index (χ1n) is 17.1. The van der Waals surface area contributed by atoms with Crippen LogP contribution in [0.25, 0.3) is 99.9 Å². The van der Waals surface area contributed by atoms with E-state index in [1.165, 1.54) is 10.8 Å². The molecule has 10 rings (SSSR count). The van der Waals surface area contributed by atoms with E-state index >= 15 is 0 Å². The normalized spacial score (nSPS) is 11.5. The van der Waals surface area contributed by atoms with Crippen LogP contribution in [-0.4, -0.2) is 15.0 Å². The Hall–Kier alpha value is -6.91. The van der Waals surface area contributed by atoms with Crippen molar-refractivity contribution in [2.24, 2.45) is 0 Å². The summed E-state index contributed by atoms with van der Waals surface area (Å²) in [5.74, 6) is 1.89. The Morgan fingerprint density at radius 3 is 1.73 bits per heavy atom. The zero-order valence-corrected chi connectivity index (χ0v) is 27.5. The Labute approximate surface area is 294 Å². The molecule has 0 aliphatic rings. The maximum absolute atomic E-state index is 6.18. The summed E-state index contributed by atoms with van der Waals surface area (Å²) in [6.45, 7) is 0. The Bertz CT molecular complexity index is 2900. The number of fused-ring (bicyclic) bond motifs is 5. The van der Waals surface area contributed by atoms with Crippen LogP contribution in [0.4, 0.5) is 0 Å². The standard InChI is InChI=1S/C47H29N3O/c1-2-11-33(12-3-1)45-48-46(34-23-20-31(21-24-34)36-26-27-40-39-16-6-7-19-42(39)51-43(40)29-36)50-47(49-45)41-18-9-15-32-14-8-17-38(44(32)41)37-25-22-30-10-4-5-13-35(30)28-37/h1-29H. The van der Waals surface area contributed by atoms with Crippen molar-refractivity contribution in [2.45, 2.75) is 0 Å². The zero-order chi connectivity index (χ0) is 33.7. The van der Waals surface area contributed by atoms with Gasteiger partial charge in [0.15, 0.2) is 17.5 Å². The third-order valence-corrected chi connectivity index (χ3v) is 9.73. The van der Waals surface area contributed by atoms with Gasteiger partial charge in [0.1, 0.15) is 11.2 Å². The minimum Gasteiger partial charge on any atom is -0.456 e. The molecule has 2 aromatic heterocycles. The van der Waals surface area contributed by atoms with Gasteiger partial charge in [0.25, 0.3) is 0 Å². The molecule has 0 radical (unpaired) electrons. The van der Waals surface area contributed by atoms with Gasteiger partial charge < -0.3 is 4.42 Å². The minimum absolute atomic E-state index is 0.623. The second-order valence-corrected chi connectivity index (χ2v) is 12.8. The van der Waals surface area contributed by atoms with Gasteiger partial charge in [-0.3, -0.25) is 0 Å². The maximum Gasteiger partial charge on any atom is 0.164 e. The number of aromatic nitrogens is 3. The lowest BCUT2D eigenvalue weighted by molar-refractivity contribution is 0.669. The van der Waals surface area contributed by atoms with Crippen LogP contribution < -0.4 is 0 Å². The molecule has 51 heavy (non-hydrogen) atoms. The monoisotopic (exact) mass is 651 g/mol. The predicted molar refractivity (Wildman–Crippen MR) is 209 cm³/mol. The molecule has 0 amide bonds. The summed E-state index contributed by atoms with van der Waals surface area (Å²) < 4.78 is 6.18. The fraction of sp³-hybridized carbons (Fsp3) is 0. The molecule has 0 N–H and O–H groups in total. The van der Waals surface area contributed by atoms with Crippen molar-refractivity contribution in [3.8, 4) is 56.4 Å². The third kappa shape index (κ3) is 5.13. The smallest absolute Gasteiger partial charge is 0.164 e. The van der Waals surface area contributed by atoms with Crippen LogP contribution in [0.5, 0.6) is 0 Å². The average Bonchev–Trinajstić information content (AvgIpc) is 3.58. The van der Waals surface area contributed by atoms with Gasteiger partial charge in [0.2, 0.25) is 0 Å². The molecule has 4 nitrogen and oxygen atoms in total. The Morgan fingerprint density at radius 1 is 0.314 bits per heavy atom. The lowest BCUT2D eigenvalue weighted by Gasteiger charge is -2.14. The Morgan fingerprint density at radius 2 is 0.902 bits per heavy atom. The zero-order valence-electron chi connectivity index (χ0n) is 27.5. The first-order valence-corrected chi connectivity index (χ1v) is 17.1. The highest BCUT2D eigenvalue weighted by Gasteiger charge is 2.17. The first-order chi connectivity index (χ1) is 25.2. The van der Waals surface area contributed by atoms with E-state index in [1.807, 2.05) is 48.5 Å². The van der Waals surface area contributed by atoms with Crippen molar-refractivity contribution in [1.29, 1.82) is 0 Å². The summed E-state index contributed by atoms with van der Waals surface area (Å²) in [6, 6.07) is 61.1. The first kappa shape index (κ1) is 29.0. The third-order valence-electron chi connectivity index (χ3n) is 9.73. The molecule has 0 saturated carbocycles. The van der Waals surface area contributed by atoms with Gasteiger partial charge in [-0.15, -0.1) is 0 Å². The van der Waals surface area contributed by atoms with Crippen LogP contribution in [0, 0.1) is 0 Å². The van der Waals surface area contributed by atoms with E-state index in [1.54, 1.807) is 0 Å². The minimum atomic E-state index is 0.623. The van der Waals surface area contributed by atoms with Crippen molar-refractivity contribution in [3.63, 3.8) is 0 Å². The molecular formula is C47H29N3O. The summed E-state index contributed by atoms with van der Waals surface area (Å²) in [4.78, 5) is 15.3. The van der Waals surface area contributed by atoms with E-state index in [0.717, 1.165) is 71.7 Å². The summed E-state index contributed by atoms with van der Waals surface area (Å²) in [6.07, 6.45) is 0. The number of para-hydroxylation sites is 1. The maximum atomic E-state index is 6.18. The van der Waals surface area contributed by atoms with Crippen LogP contribution in [0.2, 0.25) is 0 Å². The van der Waals surface area contributed by atoms with Crippen molar-refractivity contribution >= 4 is 43.5 Å². The van der Waals surface area contributed by atoms with E-state index in [2.05, 4.69) is 127 Å². The van der Waals surface area contributed by atoms with Crippen molar-refractivity contribution < 1.29 is 4.42 Å². The number of furan rings is 1. The largest absolute Gasteiger partial charge is 0.456 e. The van der Waals surface area contributed by atoms with Crippen LogP contribution in [-0.2, 0) is 0 Å². The van der Waals surface area contributed by atoms with Crippen molar-refractivity contribution in [1.82, 2.24) is 15.0 Å². The van der Waals surface area contributed by atoms with E-state index < -0.39 is 0 Å². The molecule has 0 bridgehead atoms. The summed E-state index contributed by atoms with van der Waals surface area (Å²) >= 11 is 0. The quantitative estimate of drug-likeness (QED) is 0.186. The van der Waals surface area contributed by atoms with Gasteiger partial charge in [-0.05, 0) is 62.7 Å². The number of benzene rings is 8. The fourth-order valence-electron chi connectivity index (χ4n) is 7.18. The van der Waals surface area contributed by atoms with Gasteiger partial charge in [-0.25, -0.2) is 15.0 Å². The SMILES string of the molecule is c1ccc(-c2nc(-c3ccc(-c4ccc5c(c4)oc4ccccc45)cc3)nc(-c3cccc4cccc(-c5ccc6ccccc6c5)c34)n2)cc1. The molecular weight excluding hydrogens is 623 g/mol. The average molecular weight is 652 g/mol. The summed E-state index contributed by atoms with van der Waals surface area (Å²) in [5.41, 5.74) is 9.07. The molecule has 4 heteroatoms. The van der Waals surface area contributed by atoms with Crippen LogP contribution >= 0.6 is 0 Å². The highest BCUT2D eigenvalue weighted by molar-refractivity contribution is 6.07. The molecule has 10 aromatic rings. The lowest BCUT2D eigenvalue weighted by atomic mass is 9.93. The molecule has 0 fully saturated rings. The van der Waals surface area contributed by atoms with E-state index in [-0.39, 0.29) is 0 Å². The van der Waals surface area contributed by atoms with E-state index in [4.69, 9.17) is 19.4 Å². The molecule has 8 aromatic carbocycles. The van der Waals surface area contributed by atoms with Gasteiger partial charge in [0, 0.05) is 32.8 Å². The Balaban J connectivity index is 1.11. The predicted octanol–water partition coefficient (Wildman–Crippen LogP) is 12.4. The van der Waals surface area contributed by atoms with Crippen molar-refractivity contribution in [2.75, 3.05) is 0 Å². The molecule has 2 heterocycles. The number of rotatable bonds is 5. The highest BCUT2D eigenvalue weighted by atomic mass is 16.3. The van der Waals surface area contributed by atoms with E-state index in [9.17, 15) is 0 Å². The molecule has 0 saturated heterocycles. The van der Waals surface area contributed by atoms with Gasteiger partial charge in [-0.2, -0.15) is 0 Å². The topological polar surface area (TPSA) is 51.8 Å². The Kier molecular flexibility index (Phi) is 6.78. The van der Waals surface area contributed by atoms with Gasteiger partial charge >= 0.3 is 0 Å². The van der Waals surface area contributed by atoms with Gasteiger partial charge in [-0.1, -0.05) is 152 Å². The van der Waals surface area contributed by atoms with Crippen LogP contribution in [0.3, 0.4) is 0 Å². The number of nitrogens with zero attached hydrogens (tertiary/aromatic N) is 3. The molecule has 0 aliphatic heterocycles. The molecule has 0 atom stereocenters. The number of hydrogen-bond acceptors (Lipinski definition) is 4. The highest BCUT2D eigenvalue weighted by Crippen LogP contribution is 2.38. The van der Waals surface area contributed by atoms with Gasteiger partial charge in [0.05, 0.1) is 0 Å². The molecule has 0 spiro atoms. The molecule has 0 aliphatic carbocycles. The summed E-state index contributed by atoms with van der Waals surface area (Å²) in [7, 11) is 0. The lowest BCUT2D eigenvalue weighted by Crippen LogP contribution is -2.01. The fourth-order valence-corrected chi connectivity index (χ4v) is 7.18. The molecule has 238 valence electrons. The number of hydrogen-bond donors (Lipinski definition) is 0. The second kappa shape index (κ2) is 11.9. The van der Waals surface area contributed by atoms with Crippen LogP contribution in [0.15, 0.2) is 180 Å². The summed E-state index contributed by atoms with van der Waals surface area (Å²) in [5, 5.41) is 6.92. The second-order valence-electron chi connectivity index (χ2n) is 12.8. The van der Waals surface area contributed by atoms with Crippen LogP contribution in [0.1, 0.15) is 0 Å². The molecule has 0 unspecified atom stereocenters. The van der Waals surface area contributed by atoms with Crippen molar-refractivity contribution in [3.05, 3.63) is 176 Å². The van der Waals surface area contributed by atoms with E-state index in [0.29, 0.717) is 17.5 Å².